The van der Waals surface area contributed by atoms with Crippen LogP contribution in [0.4, 0.5) is 5.69 Å². The predicted octanol–water partition coefficient (Wildman–Crippen LogP) is 5.41. The number of benzene rings is 3. The second-order valence-corrected chi connectivity index (χ2v) is 8.64. The quantitative estimate of drug-likeness (QED) is 0.488. The van der Waals surface area contributed by atoms with Gasteiger partial charge in [-0.2, -0.15) is 0 Å². The van der Waals surface area contributed by atoms with Gasteiger partial charge in [0.15, 0.2) is 0 Å². The van der Waals surface area contributed by atoms with Crippen LogP contribution in [0.5, 0.6) is 0 Å². The van der Waals surface area contributed by atoms with Crippen LogP contribution in [0.3, 0.4) is 0 Å². The summed E-state index contributed by atoms with van der Waals surface area (Å²) in [5.41, 5.74) is 3.50. The highest BCUT2D eigenvalue weighted by Crippen LogP contribution is 2.31. The first-order valence-corrected chi connectivity index (χ1v) is 10.8. The number of aromatic nitrogens is 1. The molecule has 0 unspecified atom stereocenters. The molecule has 3 aromatic carbocycles. The first-order valence-electron chi connectivity index (χ1n) is 8.73. The fourth-order valence-electron chi connectivity index (χ4n) is 3.47. The van der Waals surface area contributed by atoms with Crippen molar-refractivity contribution in [3.05, 3.63) is 77.3 Å². The molecule has 0 saturated carbocycles. The molecule has 0 amide bonds. The molecule has 27 heavy (non-hydrogen) atoms. The zero-order chi connectivity index (χ0) is 19.0. The van der Waals surface area contributed by atoms with Gasteiger partial charge >= 0.3 is 0 Å². The highest BCUT2D eigenvalue weighted by atomic mass is 35.5. The van der Waals surface area contributed by atoms with E-state index in [0.717, 1.165) is 28.4 Å². The second-order valence-electron chi connectivity index (χ2n) is 6.48. The van der Waals surface area contributed by atoms with Gasteiger partial charge in [-0.15, -0.1) is 0 Å². The molecule has 0 aliphatic rings. The Balaban J connectivity index is 1.70. The van der Waals surface area contributed by atoms with Crippen molar-refractivity contribution in [2.24, 2.45) is 0 Å². The zero-order valence-corrected chi connectivity index (χ0v) is 16.4. The van der Waals surface area contributed by atoms with Crippen LogP contribution in [0.15, 0.2) is 66.7 Å². The average Bonchev–Trinajstić information content (AvgIpc) is 2.96. The van der Waals surface area contributed by atoms with Crippen LogP contribution in [0, 0.1) is 0 Å². The molecule has 0 atom stereocenters. The third-order valence-corrected chi connectivity index (χ3v) is 6.14. The Kier molecular flexibility index (Phi) is 4.58. The summed E-state index contributed by atoms with van der Waals surface area (Å²) in [6.45, 7) is 2.96. The number of nitrogens with zero attached hydrogens (tertiary/aromatic N) is 1. The minimum atomic E-state index is -3.52. The summed E-state index contributed by atoms with van der Waals surface area (Å²) >= 11 is 5.86. The maximum atomic E-state index is 12.6. The van der Waals surface area contributed by atoms with Gasteiger partial charge in [-0.25, -0.2) is 8.42 Å². The molecule has 0 saturated heterocycles. The van der Waals surface area contributed by atoms with Crippen molar-refractivity contribution in [1.82, 2.24) is 4.57 Å². The molecule has 6 heteroatoms. The highest BCUT2D eigenvalue weighted by Gasteiger charge is 2.14. The highest BCUT2D eigenvalue weighted by molar-refractivity contribution is 7.91. The van der Waals surface area contributed by atoms with E-state index in [4.69, 9.17) is 11.6 Å². The average molecular weight is 399 g/mol. The van der Waals surface area contributed by atoms with Gasteiger partial charge in [0.25, 0.3) is 0 Å². The van der Waals surface area contributed by atoms with Crippen molar-refractivity contribution >= 4 is 49.1 Å². The van der Waals surface area contributed by atoms with Gasteiger partial charge in [0.05, 0.1) is 5.75 Å². The molecular weight excluding hydrogens is 380 g/mol. The van der Waals surface area contributed by atoms with Gasteiger partial charge in [0, 0.05) is 39.1 Å². The van der Waals surface area contributed by atoms with E-state index in [1.54, 1.807) is 24.3 Å². The lowest BCUT2D eigenvalue weighted by molar-refractivity contribution is 0.600. The maximum absolute atomic E-state index is 12.6. The van der Waals surface area contributed by atoms with Crippen molar-refractivity contribution in [3.8, 4) is 0 Å². The number of halogens is 1. The summed E-state index contributed by atoms with van der Waals surface area (Å²) in [5, 5.41) is 2.74. The first kappa shape index (κ1) is 17.9. The number of sulfonamides is 1. The molecule has 4 rings (SSSR count). The maximum Gasteiger partial charge on any atom is 0.236 e. The van der Waals surface area contributed by atoms with Crippen LogP contribution in [0.2, 0.25) is 5.02 Å². The largest absolute Gasteiger partial charge is 0.341 e. The van der Waals surface area contributed by atoms with E-state index in [1.807, 2.05) is 30.3 Å². The summed E-state index contributed by atoms with van der Waals surface area (Å²) in [6.07, 6.45) is 0. The first-order chi connectivity index (χ1) is 13.0. The topological polar surface area (TPSA) is 51.1 Å². The van der Waals surface area contributed by atoms with Gasteiger partial charge in [-0.1, -0.05) is 41.9 Å². The van der Waals surface area contributed by atoms with E-state index in [-0.39, 0.29) is 5.75 Å². The monoisotopic (exact) mass is 398 g/mol. The van der Waals surface area contributed by atoms with Crippen molar-refractivity contribution in [1.29, 1.82) is 0 Å². The van der Waals surface area contributed by atoms with Gasteiger partial charge in [0.1, 0.15) is 0 Å². The summed E-state index contributed by atoms with van der Waals surface area (Å²) in [5.74, 6) is -0.0983. The van der Waals surface area contributed by atoms with Crippen molar-refractivity contribution < 1.29 is 8.42 Å². The number of aryl methyl sites for hydroxylation is 1. The number of para-hydroxylation sites is 1. The van der Waals surface area contributed by atoms with E-state index >= 15 is 0 Å². The Morgan fingerprint density at radius 3 is 2.37 bits per heavy atom. The van der Waals surface area contributed by atoms with E-state index in [2.05, 4.69) is 28.3 Å². The molecule has 0 aliphatic heterocycles. The van der Waals surface area contributed by atoms with Crippen LogP contribution >= 0.6 is 11.6 Å². The molecule has 4 aromatic rings. The van der Waals surface area contributed by atoms with Crippen LogP contribution in [0.1, 0.15) is 12.5 Å². The Morgan fingerprint density at radius 2 is 1.63 bits per heavy atom. The number of fused-ring (bicyclic) bond motifs is 3. The van der Waals surface area contributed by atoms with Gasteiger partial charge < -0.3 is 4.57 Å². The molecule has 0 fully saturated rings. The Morgan fingerprint density at radius 1 is 0.926 bits per heavy atom. The SMILES string of the molecule is CCn1c2ccccc2c2cc(NS(=O)(=O)Cc3ccc(Cl)cc3)ccc21. The van der Waals surface area contributed by atoms with E-state index < -0.39 is 10.0 Å². The van der Waals surface area contributed by atoms with E-state index in [1.165, 1.54) is 0 Å². The van der Waals surface area contributed by atoms with Crippen molar-refractivity contribution in [3.63, 3.8) is 0 Å². The van der Waals surface area contributed by atoms with Crippen LogP contribution in [-0.4, -0.2) is 13.0 Å². The minimum absolute atomic E-state index is 0.0983. The normalized spacial score (nSPS) is 11.9. The number of rotatable bonds is 5. The van der Waals surface area contributed by atoms with Crippen molar-refractivity contribution in [2.75, 3.05) is 4.72 Å². The minimum Gasteiger partial charge on any atom is -0.341 e. The summed E-state index contributed by atoms with van der Waals surface area (Å²) in [7, 11) is -3.52. The van der Waals surface area contributed by atoms with Crippen LogP contribution in [0.25, 0.3) is 21.8 Å². The second kappa shape index (κ2) is 6.91. The molecule has 1 aromatic heterocycles. The molecular formula is C21H19ClN2O2S. The summed E-state index contributed by atoms with van der Waals surface area (Å²) in [4.78, 5) is 0. The molecule has 1 N–H and O–H groups in total. The Hall–Kier alpha value is -2.50. The lowest BCUT2D eigenvalue weighted by atomic mass is 10.1. The lowest BCUT2D eigenvalue weighted by Crippen LogP contribution is -2.15. The fraction of sp³-hybridized carbons (Fsp3) is 0.143. The molecule has 4 nitrogen and oxygen atoms in total. The smallest absolute Gasteiger partial charge is 0.236 e. The van der Waals surface area contributed by atoms with E-state index in [0.29, 0.717) is 16.3 Å². The Bertz CT molecular complexity index is 1230. The standard InChI is InChI=1S/C21H19ClN2O2S/c1-2-24-20-6-4-3-5-18(20)19-13-17(11-12-21(19)24)23-27(25,26)14-15-7-9-16(22)10-8-15/h3-13,23H,2,14H2,1H3. The molecule has 0 bridgehead atoms. The summed E-state index contributed by atoms with van der Waals surface area (Å²) in [6, 6.07) is 20.7. The molecule has 0 aliphatic carbocycles. The Labute approximate surface area is 163 Å². The van der Waals surface area contributed by atoms with Gasteiger partial charge in [-0.3, -0.25) is 4.72 Å². The number of hydrogen-bond acceptors (Lipinski definition) is 2. The van der Waals surface area contributed by atoms with E-state index in [9.17, 15) is 8.42 Å². The fourth-order valence-corrected chi connectivity index (χ4v) is 4.79. The number of nitrogens with one attached hydrogen (secondary N) is 1. The van der Waals surface area contributed by atoms with Gasteiger partial charge in [0.2, 0.25) is 10.0 Å². The third kappa shape index (κ3) is 3.53. The number of anilines is 1. The van der Waals surface area contributed by atoms with Crippen LogP contribution in [-0.2, 0) is 22.3 Å². The van der Waals surface area contributed by atoms with Crippen LogP contribution < -0.4 is 4.72 Å². The third-order valence-electron chi connectivity index (χ3n) is 4.63. The molecule has 1 heterocycles. The molecule has 0 spiro atoms. The van der Waals surface area contributed by atoms with Crippen molar-refractivity contribution in [2.45, 2.75) is 19.2 Å². The zero-order valence-electron chi connectivity index (χ0n) is 14.8. The number of hydrogen-bond donors (Lipinski definition) is 1. The molecule has 0 radical (unpaired) electrons. The lowest BCUT2D eigenvalue weighted by Gasteiger charge is -2.09. The van der Waals surface area contributed by atoms with Gasteiger partial charge in [-0.05, 0) is 48.9 Å². The predicted molar refractivity (Wildman–Crippen MR) is 113 cm³/mol. The molecule has 138 valence electrons. The summed E-state index contributed by atoms with van der Waals surface area (Å²) < 4.78 is 30.1.